The minimum atomic E-state index is -0.544. The minimum Gasteiger partial charge on any atom is -0.490 e. The predicted octanol–water partition coefficient (Wildman–Crippen LogP) is 4.49. The van der Waals surface area contributed by atoms with Crippen molar-refractivity contribution in [3.05, 3.63) is 68.4 Å². The summed E-state index contributed by atoms with van der Waals surface area (Å²) in [5.41, 5.74) is 2.91. The Hall–Kier alpha value is -2.55. The van der Waals surface area contributed by atoms with E-state index in [0.29, 0.717) is 36.0 Å². The summed E-state index contributed by atoms with van der Waals surface area (Å²) in [5, 5.41) is 5.51. The van der Waals surface area contributed by atoms with Crippen molar-refractivity contribution in [2.45, 2.75) is 33.4 Å². The zero-order valence-corrected chi connectivity index (χ0v) is 18.7. The van der Waals surface area contributed by atoms with Gasteiger partial charge in [-0.25, -0.2) is 4.79 Å². The lowest BCUT2D eigenvalue weighted by Gasteiger charge is -2.29. The van der Waals surface area contributed by atoms with Crippen LogP contribution in [0.1, 0.15) is 37.9 Å². The van der Waals surface area contributed by atoms with E-state index in [9.17, 15) is 9.59 Å². The Morgan fingerprint density at radius 3 is 2.55 bits per heavy atom. The number of amides is 2. The summed E-state index contributed by atoms with van der Waals surface area (Å²) in [7, 11) is 0. The van der Waals surface area contributed by atoms with Gasteiger partial charge in [-0.15, -0.1) is 0 Å². The highest BCUT2D eigenvalue weighted by atomic mass is 127. The van der Waals surface area contributed by atoms with Crippen LogP contribution in [-0.2, 0) is 11.4 Å². The average molecular weight is 506 g/mol. The van der Waals surface area contributed by atoms with E-state index >= 15 is 0 Å². The number of carbonyl (C=O) groups excluding carboxylic acids is 2. The van der Waals surface area contributed by atoms with Gasteiger partial charge in [0.1, 0.15) is 6.61 Å². The number of nitrogens with one attached hydrogen (secondary N) is 2. The number of rotatable bonds is 7. The molecule has 1 heterocycles. The monoisotopic (exact) mass is 506 g/mol. The number of hydrogen-bond donors (Lipinski definition) is 2. The first kappa shape index (κ1) is 21.2. The highest BCUT2D eigenvalue weighted by molar-refractivity contribution is 14.1. The van der Waals surface area contributed by atoms with Crippen molar-refractivity contribution in [2.75, 3.05) is 6.61 Å². The Morgan fingerprint density at radius 2 is 1.90 bits per heavy atom. The van der Waals surface area contributed by atoms with Crippen molar-refractivity contribution < 1.29 is 19.1 Å². The fourth-order valence-corrected chi connectivity index (χ4v) is 4.08. The molecule has 2 N–H and O–H groups in total. The van der Waals surface area contributed by atoms with Crippen LogP contribution in [-0.4, -0.2) is 18.4 Å². The number of halogens is 1. The van der Waals surface area contributed by atoms with Crippen molar-refractivity contribution in [3.8, 4) is 11.5 Å². The quantitative estimate of drug-likeness (QED) is 0.543. The summed E-state index contributed by atoms with van der Waals surface area (Å²) in [6, 6.07) is 12.8. The zero-order chi connectivity index (χ0) is 21.0. The summed E-state index contributed by atoms with van der Waals surface area (Å²) in [6.45, 7) is 6.01. The third-order valence-corrected chi connectivity index (χ3v) is 5.34. The molecule has 0 aromatic heterocycles. The van der Waals surface area contributed by atoms with Gasteiger partial charge >= 0.3 is 6.03 Å². The first-order chi connectivity index (χ1) is 13.9. The van der Waals surface area contributed by atoms with Crippen LogP contribution < -0.4 is 20.1 Å². The van der Waals surface area contributed by atoms with E-state index in [2.05, 4.69) is 33.2 Å². The van der Waals surface area contributed by atoms with Crippen LogP contribution >= 0.6 is 22.6 Å². The number of hydrogen-bond acceptors (Lipinski definition) is 4. The van der Waals surface area contributed by atoms with Gasteiger partial charge < -0.3 is 20.1 Å². The molecule has 0 fully saturated rings. The Labute approximate surface area is 183 Å². The number of ether oxygens (including phenoxy) is 2. The molecule has 1 aliphatic rings. The summed E-state index contributed by atoms with van der Waals surface area (Å²) in [6.07, 6.45) is 0. The van der Waals surface area contributed by atoms with Gasteiger partial charge in [-0.1, -0.05) is 30.3 Å². The smallest absolute Gasteiger partial charge is 0.319 e. The molecule has 0 bridgehead atoms. The van der Waals surface area contributed by atoms with Crippen molar-refractivity contribution in [3.63, 3.8) is 0 Å². The van der Waals surface area contributed by atoms with Crippen molar-refractivity contribution in [1.29, 1.82) is 0 Å². The lowest BCUT2D eigenvalue weighted by molar-refractivity contribution is -0.114. The van der Waals surface area contributed by atoms with Crippen molar-refractivity contribution >= 4 is 34.4 Å². The fraction of sp³-hybridized carbons (Fsp3) is 0.273. The second-order valence-electron chi connectivity index (χ2n) is 6.66. The number of benzene rings is 2. The van der Waals surface area contributed by atoms with E-state index < -0.39 is 6.04 Å². The Bertz CT molecular complexity index is 957. The number of Topliss-reactive ketones (excluding diaryl/α,β-unsaturated/α-hetero) is 1. The molecule has 0 saturated carbocycles. The molecule has 0 aliphatic carbocycles. The third kappa shape index (κ3) is 4.90. The number of urea groups is 1. The van der Waals surface area contributed by atoms with Gasteiger partial charge in [0.25, 0.3) is 0 Å². The van der Waals surface area contributed by atoms with E-state index in [0.717, 1.165) is 14.7 Å². The van der Waals surface area contributed by atoms with E-state index in [-0.39, 0.29) is 11.8 Å². The van der Waals surface area contributed by atoms with Gasteiger partial charge in [0, 0.05) is 11.3 Å². The molecule has 6 nitrogen and oxygen atoms in total. The Balaban J connectivity index is 1.97. The van der Waals surface area contributed by atoms with Gasteiger partial charge in [0.2, 0.25) is 0 Å². The van der Waals surface area contributed by atoms with Crippen LogP contribution in [0.25, 0.3) is 0 Å². The molecule has 29 heavy (non-hydrogen) atoms. The number of carbonyl (C=O) groups is 2. The standard InChI is InChI=1S/C22H23IN2O4/c1-4-28-18-11-16(20-19(14(3)26)13(2)24-22(27)25-20)10-17(23)21(18)29-12-15-8-6-5-7-9-15/h5-11,20H,4,12H2,1-3H3,(H2,24,25,27)/t20-/m0/s1. The van der Waals surface area contributed by atoms with Crippen LogP contribution in [0.4, 0.5) is 4.79 Å². The maximum atomic E-state index is 12.2. The first-order valence-electron chi connectivity index (χ1n) is 9.32. The fourth-order valence-electron chi connectivity index (χ4n) is 3.30. The molecule has 152 valence electrons. The average Bonchev–Trinajstić information content (AvgIpc) is 2.67. The van der Waals surface area contributed by atoms with Crippen LogP contribution in [0.2, 0.25) is 0 Å². The molecule has 3 rings (SSSR count). The first-order valence-corrected chi connectivity index (χ1v) is 10.4. The lowest BCUT2D eigenvalue weighted by Crippen LogP contribution is -2.44. The zero-order valence-electron chi connectivity index (χ0n) is 16.5. The van der Waals surface area contributed by atoms with Crippen LogP contribution in [0.5, 0.6) is 11.5 Å². The number of ketones is 1. The minimum absolute atomic E-state index is 0.0997. The summed E-state index contributed by atoms with van der Waals surface area (Å²) < 4.78 is 12.7. The van der Waals surface area contributed by atoms with E-state index in [1.807, 2.05) is 49.4 Å². The SMILES string of the molecule is CCOc1cc([C@@H]2NC(=O)NC(C)=C2C(C)=O)cc(I)c1OCc1ccccc1. The van der Waals surface area contributed by atoms with Crippen molar-refractivity contribution in [1.82, 2.24) is 10.6 Å². The molecule has 1 aliphatic heterocycles. The van der Waals surface area contributed by atoms with E-state index in [1.54, 1.807) is 6.92 Å². The highest BCUT2D eigenvalue weighted by Gasteiger charge is 2.30. The second-order valence-corrected chi connectivity index (χ2v) is 7.83. The van der Waals surface area contributed by atoms with Crippen LogP contribution in [0.15, 0.2) is 53.7 Å². The molecule has 7 heteroatoms. The molecule has 0 unspecified atom stereocenters. The van der Waals surface area contributed by atoms with Gasteiger partial charge in [0.15, 0.2) is 17.3 Å². The Kier molecular flexibility index (Phi) is 6.79. The summed E-state index contributed by atoms with van der Waals surface area (Å²) in [5.74, 6) is 1.13. The molecular formula is C22H23IN2O4. The molecule has 1 atom stereocenters. The predicted molar refractivity (Wildman–Crippen MR) is 119 cm³/mol. The molecule has 0 spiro atoms. The normalized spacial score (nSPS) is 16.1. The topological polar surface area (TPSA) is 76.7 Å². The van der Waals surface area contributed by atoms with Gasteiger partial charge in [-0.2, -0.15) is 0 Å². The maximum Gasteiger partial charge on any atom is 0.319 e. The molecule has 0 saturated heterocycles. The van der Waals surface area contributed by atoms with Crippen LogP contribution in [0, 0.1) is 3.57 Å². The molecule has 2 amide bonds. The molecular weight excluding hydrogens is 483 g/mol. The van der Waals surface area contributed by atoms with Gasteiger partial charge in [0.05, 0.1) is 16.2 Å². The second kappa shape index (κ2) is 9.30. The highest BCUT2D eigenvalue weighted by Crippen LogP contribution is 2.38. The number of allylic oxidation sites excluding steroid dienone is 1. The molecule has 2 aromatic rings. The van der Waals surface area contributed by atoms with Gasteiger partial charge in [-0.3, -0.25) is 4.79 Å². The molecule has 0 radical (unpaired) electrons. The lowest BCUT2D eigenvalue weighted by atomic mass is 9.93. The third-order valence-electron chi connectivity index (χ3n) is 4.54. The summed E-state index contributed by atoms with van der Waals surface area (Å²) in [4.78, 5) is 24.2. The molecule has 2 aromatic carbocycles. The summed E-state index contributed by atoms with van der Waals surface area (Å²) >= 11 is 2.19. The van der Waals surface area contributed by atoms with Crippen LogP contribution in [0.3, 0.4) is 0 Å². The van der Waals surface area contributed by atoms with Crippen molar-refractivity contribution in [2.24, 2.45) is 0 Å². The van der Waals surface area contributed by atoms with E-state index in [1.165, 1.54) is 6.92 Å². The largest absolute Gasteiger partial charge is 0.490 e. The van der Waals surface area contributed by atoms with Gasteiger partial charge in [-0.05, 0) is 66.6 Å². The Morgan fingerprint density at radius 1 is 1.17 bits per heavy atom. The maximum absolute atomic E-state index is 12.2. The van der Waals surface area contributed by atoms with E-state index in [4.69, 9.17) is 9.47 Å².